The fraction of sp³-hybridized carbons (Fsp3) is 0.370. The zero-order chi connectivity index (χ0) is 23.7. The number of hydrogen-bond acceptors (Lipinski definition) is 4. The van der Waals surface area contributed by atoms with Crippen molar-refractivity contribution < 1.29 is 24.2 Å². The zero-order valence-electron chi connectivity index (χ0n) is 18.9. The van der Waals surface area contributed by atoms with Crippen molar-refractivity contribution in [3.8, 4) is 11.1 Å². The molecule has 176 valence electrons. The Hall–Kier alpha value is -3.61. The molecule has 2 aromatic rings. The highest BCUT2D eigenvalue weighted by molar-refractivity contribution is 5.89. The van der Waals surface area contributed by atoms with Gasteiger partial charge in [-0.25, -0.2) is 4.79 Å². The molecular formula is C27H28N2O5. The monoisotopic (exact) mass is 460 g/mol. The summed E-state index contributed by atoms with van der Waals surface area (Å²) in [5, 5.41) is 11.9. The highest BCUT2D eigenvalue weighted by atomic mass is 16.5. The van der Waals surface area contributed by atoms with E-state index in [4.69, 9.17) is 4.74 Å². The molecule has 0 radical (unpaired) electrons. The van der Waals surface area contributed by atoms with E-state index >= 15 is 0 Å². The van der Waals surface area contributed by atoms with Gasteiger partial charge in [-0.1, -0.05) is 60.7 Å². The van der Waals surface area contributed by atoms with E-state index in [2.05, 4.69) is 29.6 Å². The van der Waals surface area contributed by atoms with Gasteiger partial charge in [0.1, 0.15) is 12.6 Å². The molecule has 3 atom stereocenters. The molecule has 0 bridgehead atoms. The molecule has 0 saturated carbocycles. The third-order valence-electron chi connectivity index (χ3n) is 7.25. The molecule has 1 unspecified atom stereocenters. The smallest absolute Gasteiger partial charge is 0.407 e. The quantitative estimate of drug-likeness (QED) is 0.640. The van der Waals surface area contributed by atoms with Gasteiger partial charge in [-0.2, -0.15) is 0 Å². The zero-order valence-corrected chi connectivity index (χ0v) is 18.9. The Labute approximate surface area is 198 Å². The van der Waals surface area contributed by atoms with Crippen LogP contribution in [0, 0.1) is 11.8 Å². The number of carbonyl (C=O) groups excluding carboxylic acids is 2. The number of alkyl carbamates (subject to hydrolysis) is 1. The Morgan fingerprint density at radius 1 is 0.941 bits per heavy atom. The first-order valence-corrected chi connectivity index (χ1v) is 11.8. The van der Waals surface area contributed by atoms with Gasteiger partial charge in [-0.15, -0.1) is 0 Å². The molecule has 7 heteroatoms. The van der Waals surface area contributed by atoms with Gasteiger partial charge in [-0.05, 0) is 46.9 Å². The molecule has 2 aromatic carbocycles. The van der Waals surface area contributed by atoms with E-state index in [0.717, 1.165) is 35.1 Å². The van der Waals surface area contributed by atoms with Gasteiger partial charge in [0.05, 0.1) is 6.42 Å². The van der Waals surface area contributed by atoms with Crippen LogP contribution in [-0.2, 0) is 14.3 Å². The topological polar surface area (TPSA) is 95.9 Å². The Bertz CT molecular complexity index is 1080. The molecule has 1 aliphatic heterocycles. The van der Waals surface area contributed by atoms with Crippen LogP contribution < -0.4 is 5.32 Å². The summed E-state index contributed by atoms with van der Waals surface area (Å²) >= 11 is 0. The molecule has 1 saturated heterocycles. The second-order valence-corrected chi connectivity index (χ2v) is 9.33. The van der Waals surface area contributed by atoms with Crippen LogP contribution in [-0.4, -0.2) is 53.7 Å². The number of rotatable bonds is 6. The van der Waals surface area contributed by atoms with Crippen LogP contribution in [0.2, 0.25) is 0 Å². The van der Waals surface area contributed by atoms with Gasteiger partial charge in [-0.3, -0.25) is 9.59 Å². The fourth-order valence-corrected chi connectivity index (χ4v) is 5.57. The molecule has 1 heterocycles. The van der Waals surface area contributed by atoms with Gasteiger partial charge in [0.25, 0.3) is 0 Å². The van der Waals surface area contributed by atoms with Gasteiger partial charge < -0.3 is 20.1 Å². The highest BCUT2D eigenvalue weighted by Gasteiger charge is 2.38. The second-order valence-electron chi connectivity index (χ2n) is 9.33. The van der Waals surface area contributed by atoms with Crippen molar-refractivity contribution in [1.82, 2.24) is 10.2 Å². The third-order valence-corrected chi connectivity index (χ3v) is 7.25. The number of carboxylic acids is 1. The summed E-state index contributed by atoms with van der Waals surface area (Å²) in [6, 6.07) is 14.9. The number of carbonyl (C=O) groups is 3. The molecule has 3 aliphatic rings. The standard InChI is InChI=1S/C27H28N2O5/c30-25(31)13-24(26(32)29-14-17-7-1-2-8-18(17)15-29)28-27(33)34-16-23-21-11-5-3-9-19(21)20-10-4-6-12-22(20)23/h1-6,9-12,17-18,23-24H,7-8,13-16H2,(H,28,33)(H,30,31)/t17-,18+,24?. The number of amides is 2. The molecular weight excluding hydrogens is 432 g/mol. The highest BCUT2D eigenvalue weighted by Crippen LogP contribution is 2.44. The number of likely N-dealkylation sites (tertiary alicyclic amines) is 1. The summed E-state index contributed by atoms with van der Waals surface area (Å²) in [7, 11) is 0. The van der Waals surface area contributed by atoms with E-state index < -0.39 is 24.5 Å². The number of benzene rings is 2. The minimum atomic E-state index is -1.15. The average molecular weight is 461 g/mol. The van der Waals surface area contributed by atoms with Crippen molar-refractivity contribution in [1.29, 1.82) is 0 Å². The summed E-state index contributed by atoms with van der Waals surface area (Å²) in [5.74, 6) is -0.815. The summed E-state index contributed by atoms with van der Waals surface area (Å²) in [6.07, 6.45) is 4.88. The van der Waals surface area contributed by atoms with E-state index in [-0.39, 0.29) is 18.4 Å². The van der Waals surface area contributed by atoms with Crippen molar-refractivity contribution in [2.45, 2.75) is 31.2 Å². The number of nitrogens with zero attached hydrogens (tertiary/aromatic N) is 1. The average Bonchev–Trinajstić information content (AvgIpc) is 3.41. The van der Waals surface area contributed by atoms with E-state index in [1.807, 2.05) is 36.4 Å². The molecule has 2 N–H and O–H groups in total. The SMILES string of the molecule is O=C(O)CC(NC(=O)OCC1c2ccccc2-c2ccccc21)C(=O)N1C[C@H]2CC=CC[C@H]2C1. The molecule has 1 fully saturated rings. The van der Waals surface area contributed by atoms with Crippen molar-refractivity contribution in [3.63, 3.8) is 0 Å². The minimum Gasteiger partial charge on any atom is -0.481 e. The summed E-state index contributed by atoms with van der Waals surface area (Å²) in [4.78, 5) is 38.9. The molecule has 2 aliphatic carbocycles. The lowest BCUT2D eigenvalue weighted by Gasteiger charge is -2.23. The summed E-state index contributed by atoms with van der Waals surface area (Å²) in [6.45, 7) is 1.29. The Morgan fingerprint density at radius 3 is 2.06 bits per heavy atom. The third kappa shape index (κ3) is 4.30. The van der Waals surface area contributed by atoms with Crippen LogP contribution in [0.1, 0.15) is 36.3 Å². The lowest BCUT2D eigenvalue weighted by molar-refractivity contribution is -0.142. The van der Waals surface area contributed by atoms with E-state index in [1.54, 1.807) is 4.90 Å². The van der Waals surface area contributed by atoms with E-state index in [0.29, 0.717) is 24.9 Å². The molecule has 34 heavy (non-hydrogen) atoms. The maximum atomic E-state index is 13.1. The van der Waals surface area contributed by atoms with Crippen LogP contribution in [0.15, 0.2) is 60.7 Å². The lowest BCUT2D eigenvalue weighted by Crippen LogP contribution is -2.49. The van der Waals surface area contributed by atoms with Gasteiger partial charge in [0.2, 0.25) is 5.91 Å². The predicted octanol–water partition coefficient (Wildman–Crippen LogP) is 3.79. The number of allylic oxidation sites excluding steroid dienone is 2. The number of aliphatic carboxylic acids is 1. The Kier molecular flexibility index (Phi) is 6.09. The molecule has 0 spiro atoms. The van der Waals surface area contributed by atoms with E-state index in [1.165, 1.54) is 0 Å². The van der Waals surface area contributed by atoms with Gasteiger partial charge in [0, 0.05) is 19.0 Å². The van der Waals surface area contributed by atoms with Crippen LogP contribution in [0.5, 0.6) is 0 Å². The van der Waals surface area contributed by atoms with Crippen LogP contribution in [0.4, 0.5) is 4.79 Å². The largest absolute Gasteiger partial charge is 0.481 e. The van der Waals surface area contributed by atoms with Crippen molar-refractivity contribution >= 4 is 18.0 Å². The number of carboxylic acid groups (broad SMARTS) is 1. The number of fused-ring (bicyclic) bond motifs is 4. The van der Waals surface area contributed by atoms with Crippen LogP contribution in [0.3, 0.4) is 0 Å². The Morgan fingerprint density at radius 2 is 1.50 bits per heavy atom. The molecule has 5 rings (SSSR count). The number of ether oxygens (including phenoxy) is 1. The van der Waals surface area contributed by atoms with E-state index in [9.17, 15) is 19.5 Å². The molecule has 7 nitrogen and oxygen atoms in total. The minimum absolute atomic E-state index is 0.105. The number of hydrogen-bond donors (Lipinski definition) is 2. The lowest BCUT2D eigenvalue weighted by atomic mass is 9.86. The first-order valence-electron chi connectivity index (χ1n) is 11.8. The van der Waals surface area contributed by atoms with Crippen molar-refractivity contribution in [2.24, 2.45) is 11.8 Å². The van der Waals surface area contributed by atoms with Gasteiger partial charge in [0.15, 0.2) is 0 Å². The first-order chi connectivity index (χ1) is 16.5. The normalized spacial score (nSPS) is 21.4. The number of nitrogens with one attached hydrogen (secondary N) is 1. The Balaban J connectivity index is 1.24. The summed E-state index contributed by atoms with van der Waals surface area (Å²) < 4.78 is 5.54. The maximum Gasteiger partial charge on any atom is 0.407 e. The summed E-state index contributed by atoms with van der Waals surface area (Å²) in [5.41, 5.74) is 4.41. The fourth-order valence-electron chi connectivity index (χ4n) is 5.57. The second kappa shape index (κ2) is 9.33. The van der Waals surface area contributed by atoms with Crippen LogP contribution >= 0.6 is 0 Å². The predicted molar refractivity (Wildman–Crippen MR) is 126 cm³/mol. The molecule has 2 amide bonds. The maximum absolute atomic E-state index is 13.1. The van der Waals surface area contributed by atoms with Gasteiger partial charge >= 0.3 is 12.1 Å². The van der Waals surface area contributed by atoms with Crippen molar-refractivity contribution in [3.05, 3.63) is 71.8 Å². The first kappa shape index (κ1) is 22.2. The van der Waals surface area contributed by atoms with Crippen LogP contribution in [0.25, 0.3) is 11.1 Å². The van der Waals surface area contributed by atoms with Crippen molar-refractivity contribution in [2.75, 3.05) is 19.7 Å². The molecule has 0 aromatic heterocycles.